The van der Waals surface area contributed by atoms with Gasteiger partial charge in [-0.05, 0) is 48.9 Å². The van der Waals surface area contributed by atoms with E-state index in [0.717, 1.165) is 5.56 Å². The second kappa shape index (κ2) is 7.58. The molecule has 0 saturated carbocycles. The third kappa shape index (κ3) is 4.19. The number of methoxy groups -OCH3 is 2. The molecule has 120 valence electrons. The Morgan fingerprint density at radius 2 is 1.35 bits per heavy atom. The lowest BCUT2D eigenvalue weighted by molar-refractivity contribution is -0.117. The van der Waals surface area contributed by atoms with Crippen molar-refractivity contribution in [2.45, 2.75) is 19.3 Å². The summed E-state index contributed by atoms with van der Waals surface area (Å²) in [4.78, 5) is 24.4. The number of benzene rings is 2. The molecule has 0 aliphatic carbocycles. The molecule has 2 aromatic carbocycles. The van der Waals surface area contributed by atoms with Crippen molar-refractivity contribution < 1.29 is 19.1 Å². The number of rotatable bonds is 7. The molecule has 4 heteroatoms. The Morgan fingerprint density at radius 3 is 1.78 bits per heavy atom. The van der Waals surface area contributed by atoms with Crippen LogP contribution in [0.3, 0.4) is 0 Å². The van der Waals surface area contributed by atoms with Crippen LogP contribution in [-0.2, 0) is 4.79 Å². The summed E-state index contributed by atoms with van der Waals surface area (Å²) in [6, 6.07) is 14.2. The van der Waals surface area contributed by atoms with E-state index in [2.05, 4.69) is 0 Å². The van der Waals surface area contributed by atoms with E-state index in [1.54, 1.807) is 50.6 Å². The van der Waals surface area contributed by atoms with Gasteiger partial charge in [0.05, 0.1) is 20.1 Å². The first-order chi connectivity index (χ1) is 11.0. The van der Waals surface area contributed by atoms with Crippen LogP contribution in [0.25, 0.3) is 0 Å². The fourth-order valence-corrected chi connectivity index (χ4v) is 2.44. The van der Waals surface area contributed by atoms with Gasteiger partial charge in [-0.2, -0.15) is 0 Å². The number of hydrogen-bond donors (Lipinski definition) is 0. The van der Waals surface area contributed by atoms with Crippen molar-refractivity contribution in [2.75, 3.05) is 14.2 Å². The second-order valence-corrected chi connectivity index (χ2v) is 5.32. The van der Waals surface area contributed by atoms with Crippen LogP contribution in [0.2, 0.25) is 0 Å². The summed E-state index contributed by atoms with van der Waals surface area (Å²) in [6.45, 7) is 1.50. The van der Waals surface area contributed by atoms with Crippen molar-refractivity contribution in [1.29, 1.82) is 0 Å². The minimum atomic E-state index is -0.494. The van der Waals surface area contributed by atoms with E-state index in [1.807, 2.05) is 12.1 Å². The molecular weight excluding hydrogens is 292 g/mol. The van der Waals surface area contributed by atoms with E-state index in [9.17, 15) is 9.59 Å². The molecule has 0 heterocycles. The Bertz CT molecular complexity index is 672. The van der Waals surface area contributed by atoms with Crippen molar-refractivity contribution in [3.8, 4) is 11.5 Å². The monoisotopic (exact) mass is 312 g/mol. The average Bonchev–Trinajstić information content (AvgIpc) is 2.59. The van der Waals surface area contributed by atoms with Gasteiger partial charge in [0.2, 0.25) is 0 Å². The standard InChI is InChI=1S/C19H20O4/c1-13(20)12-18(14-4-8-16(22-2)9-5-14)19(21)15-6-10-17(23-3)11-7-15/h4-11,18H,12H2,1-3H3. The van der Waals surface area contributed by atoms with Gasteiger partial charge in [-0.15, -0.1) is 0 Å². The predicted octanol–water partition coefficient (Wildman–Crippen LogP) is 3.65. The molecule has 0 aliphatic heterocycles. The van der Waals surface area contributed by atoms with Crippen LogP contribution < -0.4 is 9.47 Å². The highest BCUT2D eigenvalue weighted by atomic mass is 16.5. The zero-order valence-corrected chi connectivity index (χ0v) is 13.5. The predicted molar refractivity (Wildman–Crippen MR) is 88.4 cm³/mol. The van der Waals surface area contributed by atoms with E-state index < -0.39 is 5.92 Å². The third-order valence-corrected chi connectivity index (χ3v) is 3.70. The molecule has 0 radical (unpaired) electrons. The Morgan fingerprint density at radius 1 is 0.870 bits per heavy atom. The van der Waals surface area contributed by atoms with Gasteiger partial charge < -0.3 is 9.47 Å². The molecule has 0 bridgehead atoms. The number of Topliss-reactive ketones (excluding diaryl/α,β-unsaturated/α-hetero) is 2. The summed E-state index contributed by atoms with van der Waals surface area (Å²) in [7, 11) is 3.16. The average molecular weight is 312 g/mol. The van der Waals surface area contributed by atoms with Crippen molar-refractivity contribution in [1.82, 2.24) is 0 Å². The topological polar surface area (TPSA) is 52.6 Å². The highest BCUT2D eigenvalue weighted by Gasteiger charge is 2.23. The van der Waals surface area contributed by atoms with Gasteiger partial charge in [-0.1, -0.05) is 12.1 Å². The number of carbonyl (C=O) groups is 2. The number of ether oxygens (including phenoxy) is 2. The first kappa shape index (κ1) is 16.7. The number of hydrogen-bond acceptors (Lipinski definition) is 4. The largest absolute Gasteiger partial charge is 0.497 e. The summed E-state index contributed by atoms with van der Waals surface area (Å²) in [5.41, 5.74) is 1.37. The molecule has 0 N–H and O–H groups in total. The van der Waals surface area contributed by atoms with Gasteiger partial charge in [-0.25, -0.2) is 0 Å². The van der Waals surface area contributed by atoms with E-state index in [4.69, 9.17) is 9.47 Å². The van der Waals surface area contributed by atoms with Crippen LogP contribution in [0.15, 0.2) is 48.5 Å². The molecule has 0 amide bonds. The minimum Gasteiger partial charge on any atom is -0.497 e. The fraction of sp³-hybridized carbons (Fsp3) is 0.263. The summed E-state index contributed by atoms with van der Waals surface area (Å²) < 4.78 is 10.2. The minimum absolute atomic E-state index is 0.0207. The Labute approximate surface area is 136 Å². The van der Waals surface area contributed by atoms with Crippen LogP contribution in [0, 0.1) is 0 Å². The first-order valence-corrected chi connectivity index (χ1v) is 7.36. The van der Waals surface area contributed by atoms with Gasteiger partial charge in [-0.3, -0.25) is 9.59 Å². The zero-order chi connectivity index (χ0) is 16.8. The third-order valence-electron chi connectivity index (χ3n) is 3.70. The number of ketones is 2. The van der Waals surface area contributed by atoms with Crippen molar-refractivity contribution in [2.24, 2.45) is 0 Å². The highest BCUT2D eigenvalue weighted by molar-refractivity contribution is 6.03. The summed E-state index contributed by atoms with van der Waals surface area (Å²) in [6.07, 6.45) is 0.178. The maximum Gasteiger partial charge on any atom is 0.170 e. The van der Waals surface area contributed by atoms with Gasteiger partial charge >= 0.3 is 0 Å². The molecule has 4 nitrogen and oxygen atoms in total. The summed E-state index contributed by atoms with van der Waals surface area (Å²) in [5.74, 6) is 0.814. The molecule has 0 fully saturated rings. The van der Waals surface area contributed by atoms with E-state index in [1.165, 1.54) is 6.92 Å². The first-order valence-electron chi connectivity index (χ1n) is 7.36. The normalized spacial score (nSPS) is 11.6. The van der Waals surface area contributed by atoms with E-state index >= 15 is 0 Å². The zero-order valence-electron chi connectivity index (χ0n) is 13.5. The molecule has 1 atom stereocenters. The van der Waals surface area contributed by atoms with Gasteiger partial charge in [0.15, 0.2) is 5.78 Å². The van der Waals surface area contributed by atoms with Gasteiger partial charge in [0.1, 0.15) is 17.3 Å². The molecule has 0 aromatic heterocycles. The second-order valence-electron chi connectivity index (χ2n) is 5.32. The SMILES string of the molecule is COc1ccc(C(=O)C(CC(C)=O)c2ccc(OC)cc2)cc1. The van der Waals surface area contributed by atoms with Crippen LogP contribution >= 0.6 is 0 Å². The van der Waals surface area contributed by atoms with Crippen LogP contribution in [0.1, 0.15) is 35.2 Å². The van der Waals surface area contributed by atoms with Crippen LogP contribution in [0.5, 0.6) is 11.5 Å². The molecule has 1 unspecified atom stereocenters. The molecule has 2 aromatic rings. The highest BCUT2D eigenvalue weighted by Crippen LogP contribution is 2.27. The molecular formula is C19H20O4. The van der Waals surface area contributed by atoms with Crippen LogP contribution in [-0.4, -0.2) is 25.8 Å². The van der Waals surface area contributed by atoms with Crippen molar-refractivity contribution in [3.05, 3.63) is 59.7 Å². The smallest absolute Gasteiger partial charge is 0.170 e. The molecule has 0 aliphatic rings. The van der Waals surface area contributed by atoms with Gasteiger partial charge in [0, 0.05) is 12.0 Å². The maximum atomic E-state index is 12.8. The summed E-state index contributed by atoms with van der Waals surface area (Å²) in [5, 5.41) is 0. The van der Waals surface area contributed by atoms with Crippen molar-refractivity contribution >= 4 is 11.6 Å². The number of carbonyl (C=O) groups excluding carboxylic acids is 2. The maximum absolute atomic E-state index is 12.8. The van der Waals surface area contributed by atoms with Gasteiger partial charge in [0.25, 0.3) is 0 Å². The lowest BCUT2D eigenvalue weighted by Gasteiger charge is -2.16. The lowest BCUT2D eigenvalue weighted by atomic mass is 9.87. The molecule has 0 spiro atoms. The van der Waals surface area contributed by atoms with Crippen molar-refractivity contribution in [3.63, 3.8) is 0 Å². The lowest BCUT2D eigenvalue weighted by Crippen LogP contribution is -2.16. The van der Waals surface area contributed by atoms with E-state index in [-0.39, 0.29) is 18.0 Å². The molecule has 2 rings (SSSR count). The molecule has 0 saturated heterocycles. The quantitative estimate of drug-likeness (QED) is 0.732. The van der Waals surface area contributed by atoms with Crippen LogP contribution in [0.4, 0.5) is 0 Å². The molecule has 23 heavy (non-hydrogen) atoms. The summed E-state index contributed by atoms with van der Waals surface area (Å²) >= 11 is 0. The Hall–Kier alpha value is -2.62. The fourth-order valence-electron chi connectivity index (χ4n) is 2.44. The Kier molecular flexibility index (Phi) is 5.52. The van der Waals surface area contributed by atoms with E-state index in [0.29, 0.717) is 17.1 Å². The Balaban J connectivity index is 2.31.